The number of H-pyrrole nitrogens is 1. The fourth-order valence-corrected chi connectivity index (χ4v) is 4.38. The van der Waals surface area contributed by atoms with Crippen molar-refractivity contribution in [1.82, 2.24) is 20.5 Å². The number of aromatic nitrogens is 3. The van der Waals surface area contributed by atoms with Gasteiger partial charge in [0.15, 0.2) is 0 Å². The normalized spacial score (nSPS) is 29.6. The van der Waals surface area contributed by atoms with Crippen LogP contribution in [-0.2, 0) is 4.79 Å². The molecule has 0 saturated heterocycles. The number of rotatable bonds is 5. The third-order valence-corrected chi connectivity index (χ3v) is 5.49. The minimum atomic E-state index is 0.0497. The predicted molar refractivity (Wildman–Crippen MR) is 78.1 cm³/mol. The minimum Gasteiger partial charge on any atom is -0.368 e. The molecule has 1 heterocycles. The first-order chi connectivity index (χ1) is 9.61. The van der Waals surface area contributed by atoms with Gasteiger partial charge in [-0.1, -0.05) is 18.2 Å². The van der Waals surface area contributed by atoms with Crippen LogP contribution in [0.2, 0.25) is 0 Å². The van der Waals surface area contributed by atoms with E-state index in [-0.39, 0.29) is 17.9 Å². The first kappa shape index (κ1) is 13.7. The minimum absolute atomic E-state index is 0.0497. The SMILES string of the molecule is C[C@H](NC(=O)CSc1n[nH]c(N)n1)[C@H]1C[C@H]2CC[C@H]1C2. The fraction of sp³-hybridized carbons (Fsp3) is 0.769. The summed E-state index contributed by atoms with van der Waals surface area (Å²) in [7, 11) is 0. The standard InChI is InChI=1S/C13H21N5OS/c1-7(10-5-8-2-3-9(10)4-8)15-11(19)6-20-13-16-12(14)17-18-13/h7-10H,2-6H2,1H3,(H,15,19)(H3,14,16,17,18)/t7-,8-,9-,10+/m0/s1. The van der Waals surface area contributed by atoms with Crippen molar-refractivity contribution in [2.24, 2.45) is 17.8 Å². The largest absolute Gasteiger partial charge is 0.368 e. The van der Waals surface area contributed by atoms with E-state index in [1.165, 1.54) is 37.4 Å². The highest BCUT2D eigenvalue weighted by Gasteiger charge is 2.42. The lowest BCUT2D eigenvalue weighted by Gasteiger charge is -2.28. The smallest absolute Gasteiger partial charge is 0.230 e. The molecule has 1 aromatic rings. The van der Waals surface area contributed by atoms with Gasteiger partial charge in [-0.2, -0.15) is 4.98 Å². The summed E-state index contributed by atoms with van der Waals surface area (Å²) in [6.07, 6.45) is 5.40. The van der Waals surface area contributed by atoms with Crippen LogP contribution in [0.4, 0.5) is 5.95 Å². The summed E-state index contributed by atoms with van der Waals surface area (Å²) in [6, 6.07) is 0.274. The summed E-state index contributed by atoms with van der Waals surface area (Å²) in [4.78, 5) is 15.9. The number of nitrogens with zero attached hydrogens (tertiary/aromatic N) is 2. The van der Waals surface area contributed by atoms with Gasteiger partial charge in [-0.05, 0) is 43.9 Å². The van der Waals surface area contributed by atoms with Gasteiger partial charge in [-0.3, -0.25) is 4.79 Å². The number of hydrogen-bond donors (Lipinski definition) is 3. The molecule has 3 rings (SSSR count). The predicted octanol–water partition coefficient (Wildman–Crippen LogP) is 1.42. The van der Waals surface area contributed by atoms with Crippen molar-refractivity contribution in [3.8, 4) is 0 Å². The number of aromatic amines is 1. The lowest BCUT2D eigenvalue weighted by Crippen LogP contribution is -2.40. The Labute approximate surface area is 122 Å². The van der Waals surface area contributed by atoms with Gasteiger partial charge in [0.1, 0.15) is 0 Å². The lowest BCUT2D eigenvalue weighted by atomic mass is 9.84. The van der Waals surface area contributed by atoms with E-state index in [0.717, 1.165) is 11.8 Å². The van der Waals surface area contributed by atoms with E-state index in [4.69, 9.17) is 5.73 Å². The van der Waals surface area contributed by atoms with Crippen molar-refractivity contribution in [2.45, 2.75) is 43.8 Å². The Morgan fingerprint density at radius 2 is 2.40 bits per heavy atom. The van der Waals surface area contributed by atoms with Gasteiger partial charge in [0.2, 0.25) is 17.0 Å². The molecule has 0 radical (unpaired) electrons. The van der Waals surface area contributed by atoms with Crippen LogP contribution < -0.4 is 11.1 Å². The second-order valence-corrected chi connectivity index (χ2v) is 6.93. The number of fused-ring (bicyclic) bond motifs is 2. The number of hydrogen-bond acceptors (Lipinski definition) is 5. The van der Waals surface area contributed by atoms with Gasteiger partial charge in [0, 0.05) is 6.04 Å². The number of nitrogens with two attached hydrogens (primary N) is 1. The Hall–Kier alpha value is -1.24. The average Bonchev–Trinajstić information content (AvgIpc) is 3.12. The second kappa shape index (κ2) is 5.63. The highest BCUT2D eigenvalue weighted by atomic mass is 32.2. The van der Waals surface area contributed by atoms with Gasteiger partial charge in [0.25, 0.3) is 0 Å². The zero-order valence-corrected chi connectivity index (χ0v) is 12.4. The van der Waals surface area contributed by atoms with Gasteiger partial charge in [-0.25, -0.2) is 5.10 Å². The average molecular weight is 295 g/mol. The molecule has 2 bridgehead atoms. The number of carbonyl (C=O) groups is 1. The third-order valence-electron chi connectivity index (χ3n) is 4.64. The first-order valence-corrected chi connectivity index (χ1v) is 8.20. The van der Waals surface area contributed by atoms with Crippen molar-refractivity contribution >= 4 is 23.6 Å². The van der Waals surface area contributed by atoms with Gasteiger partial charge < -0.3 is 11.1 Å². The van der Waals surface area contributed by atoms with E-state index < -0.39 is 0 Å². The number of nitrogens with one attached hydrogen (secondary N) is 2. The maximum absolute atomic E-state index is 12.0. The Balaban J connectivity index is 1.44. The van der Waals surface area contributed by atoms with Crippen molar-refractivity contribution in [3.63, 3.8) is 0 Å². The Morgan fingerprint density at radius 3 is 3.00 bits per heavy atom. The van der Waals surface area contributed by atoms with Crippen LogP contribution in [-0.4, -0.2) is 32.9 Å². The first-order valence-electron chi connectivity index (χ1n) is 7.22. The zero-order valence-electron chi connectivity index (χ0n) is 11.6. The van der Waals surface area contributed by atoms with E-state index >= 15 is 0 Å². The van der Waals surface area contributed by atoms with Gasteiger partial charge in [0.05, 0.1) is 5.75 Å². The number of thioether (sulfide) groups is 1. The summed E-state index contributed by atoms with van der Waals surface area (Å²) >= 11 is 1.30. The molecule has 0 unspecified atom stereocenters. The van der Waals surface area contributed by atoms with Crippen LogP contribution in [0.25, 0.3) is 0 Å². The van der Waals surface area contributed by atoms with E-state index in [0.29, 0.717) is 16.8 Å². The quantitative estimate of drug-likeness (QED) is 0.714. The maximum Gasteiger partial charge on any atom is 0.230 e. The Bertz CT molecular complexity index is 491. The Morgan fingerprint density at radius 1 is 1.55 bits per heavy atom. The molecule has 0 aromatic carbocycles. The number of nitrogen functional groups attached to an aromatic ring is 1. The second-order valence-electron chi connectivity index (χ2n) is 5.99. The molecule has 2 fully saturated rings. The van der Waals surface area contributed by atoms with Gasteiger partial charge in [-0.15, -0.1) is 5.10 Å². The summed E-state index contributed by atoms with van der Waals surface area (Å²) < 4.78 is 0. The molecular weight excluding hydrogens is 274 g/mol. The van der Waals surface area contributed by atoms with Gasteiger partial charge >= 0.3 is 0 Å². The molecule has 7 heteroatoms. The molecule has 2 aliphatic rings. The molecule has 4 N–H and O–H groups in total. The molecule has 0 aliphatic heterocycles. The maximum atomic E-state index is 12.0. The van der Waals surface area contributed by atoms with Crippen LogP contribution in [0, 0.1) is 17.8 Å². The molecule has 110 valence electrons. The molecule has 0 spiro atoms. The zero-order chi connectivity index (χ0) is 14.1. The fourth-order valence-electron chi connectivity index (χ4n) is 3.76. The van der Waals surface area contributed by atoms with Crippen LogP contribution in [0.15, 0.2) is 5.16 Å². The van der Waals surface area contributed by atoms with Crippen LogP contribution >= 0.6 is 11.8 Å². The Kier molecular flexibility index (Phi) is 3.87. The van der Waals surface area contributed by atoms with Crippen molar-refractivity contribution < 1.29 is 4.79 Å². The van der Waals surface area contributed by atoms with E-state index in [9.17, 15) is 4.79 Å². The van der Waals surface area contributed by atoms with Crippen molar-refractivity contribution in [3.05, 3.63) is 0 Å². The lowest BCUT2D eigenvalue weighted by molar-refractivity contribution is -0.119. The molecule has 2 saturated carbocycles. The molecule has 6 nitrogen and oxygen atoms in total. The molecular formula is C13H21N5OS. The molecule has 1 amide bonds. The summed E-state index contributed by atoms with van der Waals surface area (Å²) in [5.41, 5.74) is 5.44. The highest BCUT2D eigenvalue weighted by Crippen LogP contribution is 2.49. The van der Waals surface area contributed by atoms with Crippen molar-refractivity contribution in [2.75, 3.05) is 11.5 Å². The monoisotopic (exact) mass is 295 g/mol. The van der Waals surface area contributed by atoms with E-state index in [1.54, 1.807) is 0 Å². The van der Waals surface area contributed by atoms with Crippen LogP contribution in [0.1, 0.15) is 32.6 Å². The number of amides is 1. The third kappa shape index (κ3) is 2.92. The summed E-state index contributed by atoms with van der Waals surface area (Å²) in [5, 5.41) is 10.1. The summed E-state index contributed by atoms with van der Waals surface area (Å²) in [6.45, 7) is 2.14. The molecule has 4 atom stereocenters. The summed E-state index contributed by atoms with van der Waals surface area (Å²) in [5.74, 6) is 3.08. The van der Waals surface area contributed by atoms with Crippen molar-refractivity contribution in [1.29, 1.82) is 0 Å². The number of carbonyl (C=O) groups excluding carboxylic acids is 1. The molecule has 2 aliphatic carbocycles. The highest BCUT2D eigenvalue weighted by molar-refractivity contribution is 7.99. The molecule has 20 heavy (non-hydrogen) atoms. The van der Waals surface area contributed by atoms with E-state index in [2.05, 4.69) is 27.4 Å². The molecule has 1 aromatic heterocycles. The number of anilines is 1. The van der Waals surface area contributed by atoms with Crippen LogP contribution in [0.3, 0.4) is 0 Å². The van der Waals surface area contributed by atoms with Crippen LogP contribution in [0.5, 0.6) is 0 Å². The van der Waals surface area contributed by atoms with E-state index in [1.807, 2.05) is 0 Å². The topological polar surface area (TPSA) is 96.7 Å².